The highest BCUT2D eigenvalue weighted by Gasteiger charge is 2.22. The maximum atomic E-state index is 11.5. The summed E-state index contributed by atoms with van der Waals surface area (Å²) in [5.41, 5.74) is 0. The van der Waals surface area contributed by atoms with Crippen LogP contribution >= 0.6 is 0 Å². The number of hydrogen-bond donors (Lipinski definition) is 0. The van der Waals surface area contributed by atoms with Gasteiger partial charge in [0.1, 0.15) is 0 Å². The van der Waals surface area contributed by atoms with Gasteiger partial charge in [0.25, 0.3) is 0 Å². The molecule has 1 heterocycles. The van der Waals surface area contributed by atoms with Crippen LogP contribution in [0, 0.1) is 11.8 Å². The van der Waals surface area contributed by atoms with Crippen LogP contribution in [-0.2, 0) is 4.79 Å². The first-order chi connectivity index (χ1) is 6.09. The molecule has 1 unspecified atom stereocenters. The van der Waals surface area contributed by atoms with Gasteiger partial charge in [-0.3, -0.25) is 4.79 Å². The second-order valence-corrected chi connectivity index (χ2v) is 4.66. The lowest BCUT2D eigenvalue weighted by molar-refractivity contribution is -0.134. The first kappa shape index (κ1) is 10.6. The molecular weight excluding hydrogens is 162 g/mol. The van der Waals surface area contributed by atoms with Gasteiger partial charge in [0.15, 0.2) is 0 Å². The molecule has 1 fully saturated rings. The zero-order valence-electron chi connectivity index (χ0n) is 9.05. The molecule has 0 aromatic heterocycles. The summed E-state index contributed by atoms with van der Waals surface area (Å²) in [6, 6.07) is 0. The Balaban J connectivity index is 2.30. The molecule has 0 radical (unpaired) electrons. The fraction of sp³-hybridized carbons (Fsp3) is 0.909. The lowest BCUT2D eigenvalue weighted by atomic mass is 9.98. The molecule has 13 heavy (non-hydrogen) atoms. The zero-order chi connectivity index (χ0) is 9.84. The van der Waals surface area contributed by atoms with Crippen molar-refractivity contribution in [3.8, 4) is 0 Å². The quantitative estimate of drug-likeness (QED) is 0.657. The lowest BCUT2D eigenvalue weighted by Crippen LogP contribution is -2.39. The fourth-order valence-electron chi connectivity index (χ4n) is 1.68. The molecule has 2 nitrogen and oxygen atoms in total. The summed E-state index contributed by atoms with van der Waals surface area (Å²) in [6.07, 6.45) is 3.09. The van der Waals surface area contributed by atoms with E-state index in [2.05, 4.69) is 20.8 Å². The van der Waals surface area contributed by atoms with Gasteiger partial charge in [0, 0.05) is 19.5 Å². The average Bonchev–Trinajstić information content (AvgIpc) is 2.02. The molecule has 0 saturated carbocycles. The van der Waals surface area contributed by atoms with E-state index in [4.69, 9.17) is 0 Å². The van der Waals surface area contributed by atoms with Crippen LogP contribution in [0.25, 0.3) is 0 Å². The van der Waals surface area contributed by atoms with E-state index in [9.17, 15) is 4.79 Å². The number of rotatable bonds is 3. The summed E-state index contributed by atoms with van der Waals surface area (Å²) in [7, 11) is 0. The Morgan fingerprint density at radius 3 is 2.77 bits per heavy atom. The smallest absolute Gasteiger partial charge is 0.222 e. The predicted molar refractivity (Wildman–Crippen MR) is 54.4 cm³/mol. The Morgan fingerprint density at radius 2 is 2.23 bits per heavy atom. The SMILES string of the molecule is CC(C)CCN1CCC(C)CC1=O. The third-order valence-electron chi connectivity index (χ3n) is 2.74. The number of amides is 1. The van der Waals surface area contributed by atoms with Crippen molar-refractivity contribution in [1.82, 2.24) is 4.90 Å². The standard InChI is InChI=1S/C11H21NO/c1-9(2)4-6-12-7-5-10(3)8-11(12)13/h9-10H,4-8H2,1-3H3. The van der Waals surface area contributed by atoms with E-state index in [1.165, 1.54) is 6.42 Å². The summed E-state index contributed by atoms with van der Waals surface area (Å²) in [5, 5.41) is 0. The van der Waals surface area contributed by atoms with Crippen LogP contribution in [0.5, 0.6) is 0 Å². The molecule has 2 heteroatoms. The highest BCUT2D eigenvalue weighted by molar-refractivity contribution is 5.77. The van der Waals surface area contributed by atoms with Crippen LogP contribution in [0.4, 0.5) is 0 Å². The molecule has 0 aromatic rings. The minimum Gasteiger partial charge on any atom is -0.343 e. The third kappa shape index (κ3) is 3.37. The second kappa shape index (κ2) is 4.64. The fourth-order valence-corrected chi connectivity index (χ4v) is 1.68. The minimum absolute atomic E-state index is 0.361. The van der Waals surface area contributed by atoms with Gasteiger partial charge in [-0.25, -0.2) is 0 Å². The summed E-state index contributed by atoms with van der Waals surface area (Å²) in [4.78, 5) is 13.6. The molecular formula is C11H21NO. The average molecular weight is 183 g/mol. The van der Waals surface area contributed by atoms with Crippen molar-refractivity contribution in [1.29, 1.82) is 0 Å². The first-order valence-electron chi connectivity index (χ1n) is 5.37. The van der Waals surface area contributed by atoms with E-state index in [-0.39, 0.29) is 0 Å². The van der Waals surface area contributed by atoms with Crippen molar-refractivity contribution >= 4 is 5.91 Å². The van der Waals surface area contributed by atoms with E-state index in [1.807, 2.05) is 4.90 Å². The molecule has 0 aromatic carbocycles. The highest BCUT2D eigenvalue weighted by Crippen LogP contribution is 2.18. The molecule has 1 rings (SSSR count). The lowest BCUT2D eigenvalue weighted by Gasteiger charge is -2.30. The number of carbonyl (C=O) groups is 1. The van der Waals surface area contributed by atoms with Crippen molar-refractivity contribution < 1.29 is 4.79 Å². The maximum absolute atomic E-state index is 11.5. The Hall–Kier alpha value is -0.530. The summed E-state index contributed by atoms with van der Waals surface area (Å²) >= 11 is 0. The number of piperidine rings is 1. The van der Waals surface area contributed by atoms with E-state index in [1.54, 1.807) is 0 Å². The van der Waals surface area contributed by atoms with Gasteiger partial charge in [-0.2, -0.15) is 0 Å². The van der Waals surface area contributed by atoms with Gasteiger partial charge in [0.2, 0.25) is 5.91 Å². The molecule has 1 aliphatic rings. The van der Waals surface area contributed by atoms with E-state index in [0.29, 0.717) is 17.7 Å². The topological polar surface area (TPSA) is 20.3 Å². The second-order valence-electron chi connectivity index (χ2n) is 4.66. The van der Waals surface area contributed by atoms with Crippen LogP contribution in [0.15, 0.2) is 0 Å². The van der Waals surface area contributed by atoms with Gasteiger partial charge in [0.05, 0.1) is 0 Å². The van der Waals surface area contributed by atoms with E-state index >= 15 is 0 Å². The highest BCUT2D eigenvalue weighted by atomic mass is 16.2. The summed E-state index contributed by atoms with van der Waals surface area (Å²) < 4.78 is 0. The van der Waals surface area contributed by atoms with Crippen molar-refractivity contribution in [2.45, 2.75) is 40.0 Å². The molecule has 1 saturated heterocycles. The molecule has 76 valence electrons. The number of likely N-dealkylation sites (tertiary alicyclic amines) is 1. The van der Waals surface area contributed by atoms with Crippen LogP contribution in [-0.4, -0.2) is 23.9 Å². The minimum atomic E-state index is 0.361. The maximum Gasteiger partial charge on any atom is 0.222 e. The summed E-state index contributed by atoms with van der Waals surface area (Å²) in [6.45, 7) is 8.52. The molecule has 1 amide bonds. The van der Waals surface area contributed by atoms with E-state index in [0.717, 1.165) is 25.9 Å². The van der Waals surface area contributed by atoms with E-state index < -0.39 is 0 Å². The van der Waals surface area contributed by atoms with Crippen LogP contribution in [0.1, 0.15) is 40.0 Å². The molecule has 1 aliphatic heterocycles. The first-order valence-corrected chi connectivity index (χ1v) is 5.37. The Bertz CT molecular complexity index is 177. The Labute approximate surface area is 81.3 Å². The number of carbonyl (C=O) groups excluding carboxylic acids is 1. The van der Waals surface area contributed by atoms with Crippen LogP contribution in [0.3, 0.4) is 0 Å². The van der Waals surface area contributed by atoms with Gasteiger partial charge in [-0.15, -0.1) is 0 Å². The zero-order valence-corrected chi connectivity index (χ0v) is 9.05. The van der Waals surface area contributed by atoms with Crippen molar-refractivity contribution in [3.05, 3.63) is 0 Å². The molecule has 0 N–H and O–H groups in total. The third-order valence-corrected chi connectivity index (χ3v) is 2.74. The Morgan fingerprint density at radius 1 is 1.54 bits per heavy atom. The monoisotopic (exact) mass is 183 g/mol. The van der Waals surface area contributed by atoms with Crippen molar-refractivity contribution in [2.75, 3.05) is 13.1 Å². The van der Waals surface area contributed by atoms with Crippen molar-refractivity contribution in [3.63, 3.8) is 0 Å². The number of hydrogen-bond acceptors (Lipinski definition) is 1. The molecule has 1 atom stereocenters. The number of nitrogens with zero attached hydrogens (tertiary/aromatic N) is 1. The predicted octanol–water partition coefficient (Wildman–Crippen LogP) is 2.29. The Kier molecular flexibility index (Phi) is 3.76. The normalized spacial score (nSPS) is 24.2. The summed E-state index contributed by atoms with van der Waals surface area (Å²) in [5.74, 6) is 1.66. The van der Waals surface area contributed by atoms with Crippen molar-refractivity contribution in [2.24, 2.45) is 11.8 Å². The van der Waals surface area contributed by atoms with Gasteiger partial charge >= 0.3 is 0 Å². The van der Waals surface area contributed by atoms with Gasteiger partial charge < -0.3 is 4.90 Å². The van der Waals surface area contributed by atoms with Crippen LogP contribution in [0.2, 0.25) is 0 Å². The largest absolute Gasteiger partial charge is 0.343 e. The van der Waals surface area contributed by atoms with Gasteiger partial charge in [-0.1, -0.05) is 20.8 Å². The molecule has 0 bridgehead atoms. The molecule has 0 aliphatic carbocycles. The van der Waals surface area contributed by atoms with Crippen LogP contribution < -0.4 is 0 Å². The molecule has 0 spiro atoms. The van der Waals surface area contributed by atoms with Gasteiger partial charge in [-0.05, 0) is 24.7 Å².